The first-order valence-electron chi connectivity index (χ1n) is 10.7. The number of amides is 1. The van der Waals surface area contributed by atoms with E-state index in [0.717, 1.165) is 18.5 Å². The quantitative estimate of drug-likeness (QED) is 0.454. The van der Waals surface area contributed by atoms with Crippen LogP contribution in [0.2, 0.25) is 0 Å². The van der Waals surface area contributed by atoms with E-state index < -0.39 is 10.8 Å². The molecule has 6 nitrogen and oxygen atoms in total. The van der Waals surface area contributed by atoms with Gasteiger partial charge in [0.2, 0.25) is 5.91 Å². The summed E-state index contributed by atoms with van der Waals surface area (Å²) in [6.45, 7) is 1.34. The first kappa shape index (κ1) is 20.6. The van der Waals surface area contributed by atoms with E-state index in [1.165, 1.54) is 22.0 Å². The second-order valence-electron chi connectivity index (χ2n) is 8.07. The van der Waals surface area contributed by atoms with Crippen LogP contribution in [0.15, 0.2) is 71.9 Å². The molecule has 7 heteroatoms. The number of aromatic nitrogens is 3. The fourth-order valence-corrected chi connectivity index (χ4v) is 4.81. The lowest BCUT2D eigenvalue weighted by Gasteiger charge is -2.27. The van der Waals surface area contributed by atoms with Crippen LogP contribution in [0.3, 0.4) is 0 Å². The molecule has 0 saturated carbocycles. The van der Waals surface area contributed by atoms with Gasteiger partial charge in [-0.15, -0.1) is 10.2 Å². The number of hydrogen-bond donors (Lipinski definition) is 0. The number of nitrogens with zero attached hydrogens (tertiary/aromatic N) is 4. The van der Waals surface area contributed by atoms with E-state index in [0.29, 0.717) is 30.2 Å². The minimum Gasteiger partial charge on any atom is -0.343 e. The molecule has 0 bridgehead atoms. The average molecular weight is 445 g/mol. The molecule has 0 N–H and O–H groups in total. The third-order valence-electron chi connectivity index (χ3n) is 5.96. The van der Waals surface area contributed by atoms with Crippen LogP contribution < -0.4 is 4.90 Å². The molecule has 1 atom stereocenters. The zero-order chi connectivity index (χ0) is 22.1. The third-order valence-corrected chi connectivity index (χ3v) is 6.75. The number of aryl methyl sites for hydroxylation is 1. The van der Waals surface area contributed by atoms with E-state index in [9.17, 15) is 9.00 Å². The Balaban J connectivity index is 1.42. The average Bonchev–Trinajstić information content (AvgIpc) is 3.16. The number of carbonyl (C=O) groups excluding carboxylic acids is 1. The molecule has 32 heavy (non-hydrogen) atoms. The lowest BCUT2D eigenvalue weighted by Crippen LogP contribution is -2.37. The summed E-state index contributed by atoms with van der Waals surface area (Å²) >= 11 is 0. The first-order valence-corrected chi connectivity index (χ1v) is 12.3. The lowest BCUT2D eigenvalue weighted by molar-refractivity contribution is -0.118. The monoisotopic (exact) mass is 444 g/mol. The standard InChI is InChI=1S/C25H24N4O2S/c1-32(31)23-15-19-11-12-24(30)29(25(19)27-26-23)14-13-20-17-28(16-18-7-3-2-4-8-18)22-10-6-5-9-21(20)22/h2-10,15,17H,11-14,16H2,1H3. The van der Waals surface area contributed by atoms with Crippen molar-refractivity contribution in [3.05, 3.63) is 83.6 Å². The molecule has 2 aromatic heterocycles. The molecule has 5 rings (SSSR count). The van der Waals surface area contributed by atoms with Gasteiger partial charge in [-0.25, -0.2) is 0 Å². The number of benzene rings is 2. The van der Waals surface area contributed by atoms with Gasteiger partial charge in [-0.2, -0.15) is 0 Å². The molecule has 0 saturated heterocycles. The van der Waals surface area contributed by atoms with Crippen LogP contribution in [-0.2, 0) is 35.0 Å². The first-order chi connectivity index (χ1) is 15.6. The lowest BCUT2D eigenvalue weighted by atomic mass is 10.0. The van der Waals surface area contributed by atoms with Crippen molar-refractivity contribution in [3.8, 4) is 0 Å². The van der Waals surface area contributed by atoms with Gasteiger partial charge in [0.05, 0.1) is 10.8 Å². The molecule has 0 aliphatic carbocycles. The van der Waals surface area contributed by atoms with Gasteiger partial charge < -0.3 is 4.57 Å². The second kappa shape index (κ2) is 8.67. The van der Waals surface area contributed by atoms with Gasteiger partial charge in [0.15, 0.2) is 5.82 Å². The Morgan fingerprint density at radius 3 is 2.59 bits per heavy atom. The fraction of sp³-hybridized carbons (Fsp3) is 0.240. The SMILES string of the molecule is CS(=O)c1cc2c(nn1)N(CCc1cn(Cc3ccccc3)c3ccccc13)C(=O)CC2. The van der Waals surface area contributed by atoms with Crippen LogP contribution in [0.4, 0.5) is 5.82 Å². The topological polar surface area (TPSA) is 68.1 Å². The highest BCUT2D eigenvalue weighted by atomic mass is 32.2. The van der Waals surface area contributed by atoms with Crippen LogP contribution in [-0.4, -0.2) is 37.7 Å². The zero-order valence-electron chi connectivity index (χ0n) is 17.9. The molecule has 2 aromatic carbocycles. The van der Waals surface area contributed by atoms with E-state index in [-0.39, 0.29) is 5.91 Å². The summed E-state index contributed by atoms with van der Waals surface area (Å²) < 4.78 is 14.0. The normalized spacial score (nSPS) is 14.5. The predicted octanol–water partition coefficient (Wildman–Crippen LogP) is 3.74. The molecular formula is C25H24N4O2S. The van der Waals surface area contributed by atoms with Crippen LogP contribution in [0.25, 0.3) is 10.9 Å². The highest BCUT2D eigenvalue weighted by molar-refractivity contribution is 7.84. The molecule has 3 heterocycles. The summed E-state index contributed by atoms with van der Waals surface area (Å²) in [6.07, 6.45) is 5.55. The van der Waals surface area contributed by atoms with Crippen molar-refractivity contribution < 1.29 is 9.00 Å². The van der Waals surface area contributed by atoms with E-state index in [1.54, 1.807) is 11.2 Å². The Bertz CT molecular complexity index is 1320. The number of rotatable bonds is 6. The Morgan fingerprint density at radius 1 is 1.00 bits per heavy atom. The van der Waals surface area contributed by atoms with Crippen molar-refractivity contribution in [2.75, 3.05) is 17.7 Å². The van der Waals surface area contributed by atoms with E-state index >= 15 is 0 Å². The van der Waals surface area contributed by atoms with Gasteiger partial charge in [0, 0.05) is 48.4 Å². The number of para-hydroxylation sites is 1. The van der Waals surface area contributed by atoms with Crippen molar-refractivity contribution in [3.63, 3.8) is 0 Å². The summed E-state index contributed by atoms with van der Waals surface area (Å²) in [5, 5.41) is 10.0. The molecule has 4 aromatic rings. The highest BCUT2D eigenvalue weighted by Crippen LogP contribution is 2.28. The predicted molar refractivity (Wildman–Crippen MR) is 126 cm³/mol. The van der Waals surface area contributed by atoms with Crippen LogP contribution in [0.5, 0.6) is 0 Å². The van der Waals surface area contributed by atoms with E-state index in [4.69, 9.17) is 0 Å². The fourth-order valence-electron chi connectivity index (χ4n) is 4.35. The van der Waals surface area contributed by atoms with Crippen LogP contribution in [0.1, 0.15) is 23.1 Å². The summed E-state index contributed by atoms with van der Waals surface area (Å²) in [5.74, 6) is 0.661. The van der Waals surface area contributed by atoms with Gasteiger partial charge >= 0.3 is 0 Å². The molecule has 0 fully saturated rings. The van der Waals surface area contributed by atoms with E-state index in [2.05, 4.69) is 69.5 Å². The highest BCUT2D eigenvalue weighted by Gasteiger charge is 2.27. The minimum atomic E-state index is -1.19. The maximum Gasteiger partial charge on any atom is 0.228 e. The van der Waals surface area contributed by atoms with Gasteiger partial charge in [-0.1, -0.05) is 48.5 Å². The van der Waals surface area contributed by atoms with Crippen LogP contribution >= 0.6 is 0 Å². The third kappa shape index (κ3) is 3.96. The Kier molecular flexibility index (Phi) is 5.57. The smallest absolute Gasteiger partial charge is 0.228 e. The maximum atomic E-state index is 12.7. The van der Waals surface area contributed by atoms with E-state index in [1.807, 2.05) is 12.1 Å². The van der Waals surface area contributed by atoms with Crippen LogP contribution in [0, 0.1) is 0 Å². The molecule has 0 radical (unpaired) electrons. The number of carbonyl (C=O) groups is 1. The van der Waals surface area contributed by atoms with Crippen molar-refractivity contribution in [2.24, 2.45) is 0 Å². The zero-order valence-corrected chi connectivity index (χ0v) is 18.7. The summed E-state index contributed by atoms with van der Waals surface area (Å²) in [5.41, 5.74) is 4.58. The van der Waals surface area contributed by atoms with Gasteiger partial charge in [-0.3, -0.25) is 13.9 Å². The molecule has 0 spiro atoms. The van der Waals surface area contributed by atoms with Gasteiger partial charge in [0.25, 0.3) is 0 Å². The van der Waals surface area contributed by atoms with Crippen molar-refractivity contribution >= 4 is 33.4 Å². The minimum absolute atomic E-state index is 0.0604. The Hall–Kier alpha value is -3.32. The number of hydrogen-bond acceptors (Lipinski definition) is 4. The summed E-state index contributed by atoms with van der Waals surface area (Å²) in [6, 6.07) is 20.6. The molecule has 1 unspecified atom stereocenters. The number of anilines is 1. The second-order valence-corrected chi connectivity index (χ2v) is 9.39. The maximum absolute atomic E-state index is 12.7. The largest absolute Gasteiger partial charge is 0.343 e. The van der Waals surface area contributed by atoms with Gasteiger partial charge in [-0.05, 0) is 36.1 Å². The molecule has 162 valence electrons. The Morgan fingerprint density at radius 2 is 1.78 bits per heavy atom. The summed E-state index contributed by atoms with van der Waals surface area (Å²) in [7, 11) is -1.19. The van der Waals surface area contributed by atoms with Gasteiger partial charge in [0.1, 0.15) is 5.03 Å². The molecular weight excluding hydrogens is 420 g/mol. The number of fused-ring (bicyclic) bond motifs is 2. The van der Waals surface area contributed by atoms with Crippen molar-refractivity contribution in [2.45, 2.75) is 30.8 Å². The van der Waals surface area contributed by atoms with Crippen molar-refractivity contribution in [1.82, 2.24) is 14.8 Å². The molecule has 1 aliphatic rings. The molecule has 1 aliphatic heterocycles. The molecule has 1 amide bonds. The van der Waals surface area contributed by atoms with Crippen molar-refractivity contribution in [1.29, 1.82) is 0 Å². The Labute approximate surface area is 189 Å². The summed E-state index contributed by atoms with van der Waals surface area (Å²) in [4.78, 5) is 14.4.